The maximum absolute atomic E-state index is 12.9. The molecule has 1 aliphatic heterocycles. The lowest BCUT2D eigenvalue weighted by molar-refractivity contribution is 0.0918. The van der Waals surface area contributed by atoms with Crippen LogP contribution in [0.4, 0.5) is 0 Å². The maximum atomic E-state index is 12.9. The Morgan fingerprint density at radius 1 is 1.08 bits per heavy atom. The third-order valence-electron chi connectivity index (χ3n) is 4.52. The monoisotopic (exact) mass is 343 g/mol. The van der Waals surface area contributed by atoms with E-state index in [0.717, 1.165) is 17.5 Å². The summed E-state index contributed by atoms with van der Waals surface area (Å²) in [5.74, 6) is -0.167. The number of carbonyl (C=O) groups is 1. The Kier molecular flexibility index (Phi) is 4.83. The SMILES string of the molecule is Cc1ccccc1CS(=O)(=O)N1CCCC1C(=O)c1ccccc1. The summed E-state index contributed by atoms with van der Waals surface area (Å²) in [6.45, 7) is 2.32. The molecule has 1 fully saturated rings. The van der Waals surface area contributed by atoms with Crippen molar-refractivity contribution in [3.8, 4) is 0 Å². The molecule has 3 rings (SSSR count). The highest BCUT2D eigenvalue weighted by Gasteiger charge is 2.38. The van der Waals surface area contributed by atoms with Gasteiger partial charge < -0.3 is 0 Å². The van der Waals surface area contributed by atoms with Crippen LogP contribution in [-0.4, -0.2) is 31.1 Å². The van der Waals surface area contributed by atoms with Gasteiger partial charge >= 0.3 is 0 Å². The van der Waals surface area contributed by atoms with Crippen LogP contribution in [0.15, 0.2) is 54.6 Å². The zero-order valence-corrected chi connectivity index (χ0v) is 14.5. The smallest absolute Gasteiger partial charge is 0.218 e. The molecule has 0 N–H and O–H groups in total. The molecule has 0 aromatic heterocycles. The average molecular weight is 343 g/mol. The number of rotatable bonds is 5. The van der Waals surface area contributed by atoms with Gasteiger partial charge in [-0.25, -0.2) is 8.42 Å². The molecule has 1 aliphatic rings. The summed E-state index contributed by atoms with van der Waals surface area (Å²) in [6, 6.07) is 15.8. The molecule has 4 nitrogen and oxygen atoms in total. The van der Waals surface area contributed by atoms with E-state index < -0.39 is 16.1 Å². The molecule has 126 valence electrons. The van der Waals surface area contributed by atoms with Crippen molar-refractivity contribution in [1.82, 2.24) is 4.31 Å². The van der Waals surface area contributed by atoms with Crippen LogP contribution in [0, 0.1) is 6.92 Å². The summed E-state index contributed by atoms with van der Waals surface area (Å²) < 4.78 is 27.1. The molecule has 2 aromatic carbocycles. The predicted octanol–water partition coefficient (Wildman–Crippen LogP) is 3.17. The van der Waals surface area contributed by atoms with Crippen LogP contribution in [-0.2, 0) is 15.8 Å². The van der Waals surface area contributed by atoms with E-state index in [9.17, 15) is 13.2 Å². The minimum absolute atomic E-state index is 0.0573. The molecule has 1 saturated heterocycles. The first-order chi connectivity index (χ1) is 11.5. The fourth-order valence-corrected chi connectivity index (χ4v) is 5.06. The second-order valence-corrected chi connectivity index (χ2v) is 8.10. The summed E-state index contributed by atoms with van der Waals surface area (Å²) in [5, 5.41) is 0. The van der Waals surface area contributed by atoms with Crippen molar-refractivity contribution < 1.29 is 13.2 Å². The zero-order chi connectivity index (χ0) is 17.2. The molecule has 24 heavy (non-hydrogen) atoms. The van der Waals surface area contributed by atoms with Gasteiger partial charge in [0.1, 0.15) is 0 Å². The van der Waals surface area contributed by atoms with Gasteiger partial charge in [-0.1, -0.05) is 54.6 Å². The summed E-state index contributed by atoms with van der Waals surface area (Å²) in [6.07, 6.45) is 1.30. The van der Waals surface area contributed by atoms with Gasteiger partial charge in [-0.3, -0.25) is 4.79 Å². The van der Waals surface area contributed by atoms with E-state index in [1.165, 1.54) is 4.31 Å². The number of aryl methyl sites for hydroxylation is 1. The van der Waals surface area contributed by atoms with E-state index in [1.54, 1.807) is 24.3 Å². The molecule has 0 amide bonds. The second-order valence-electron chi connectivity index (χ2n) is 6.18. The summed E-state index contributed by atoms with van der Waals surface area (Å²) in [4.78, 5) is 12.7. The molecular formula is C19H21NO3S. The zero-order valence-electron chi connectivity index (χ0n) is 13.7. The molecule has 1 atom stereocenters. The number of ketones is 1. The molecule has 5 heteroatoms. The molecule has 0 radical (unpaired) electrons. The van der Waals surface area contributed by atoms with E-state index in [2.05, 4.69) is 0 Å². The van der Waals surface area contributed by atoms with E-state index in [4.69, 9.17) is 0 Å². The Bertz CT molecular complexity index is 831. The number of hydrogen-bond donors (Lipinski definition) is 0. The number of nitrogens with zero attached hydrogens (tertiary/aromatic N) is 1. The van der Waals surface area contributed by atoms with Crippen LogP contribution >= 0.6 is 0 Å². The normalized spacial score (nSPS) is 18.6. The van der Waals surface area contributed by atoms with Gasteiger partial charge in [0.2, 0.25) is 10.0 Å². The summed E-state index contributed by atoms with van der Waals surface area (Å²) in [7, 11) is -3.53. The lowest BCUT2D eigenvalue weighted by Crippen LogP contribution is -2.41. The number of hydrogen-bond acceptors (Lipinski definition) is 3. The molecule has 2 aromatic rings. The van der Waals surface area contributed by atoms with Gasteiger partial charge in [-0.15, -0.1) is 0 Å². The van der Waals surface area contributed by atoms with Gasteiger partial charge in [0, 0.05) is 12.1 Å². The first-order valence-corrected chi connectivity index (χ1v) is 9.73. The molecule has 0 spiro atoms. The van der Waals surface area contributed by atoms with E-state index in [1.807, 2.05) is 37.3 Å². The highest BCUT2D eigenvalue weighted by molar-refractivity contribution is 7.88. The minimum atomic E-state index is -3.53. The van der Waals surface area contributed by atoms with Crippen molar-refractivity contribution in [3.05, 3.63) is 71.3 Å². The molecule has 1 unspecified atom stereocenters. The Morgan fingerprint density at radius 3 is 2.46 bits per heavy atom. The quantitative estimate of drug-likeness (QED) is 0.784. The van der Waals surface area contributed by atoms with Crippen LogP contribution in [0.1, 0.15) is 34.3 Å². The van der Waals surface area contributed by atoms with Gasteiger partial charge in [0.05, 0.1) is 11.8 Å². The molecule has 0 saturated carbocycles. The molecule has 1 heterocycles. The highest BCUT2D eigenvalue weighted by atomic mass is 32.2. The van der Waals surface area contributed by atoms with Crippen molar-refractivity contribution in [2.45, 2.75) is 31.6 Å². The highest BCUT2D eigenvalue weighted by Crippen LogP contribution is 2.26. The lowest BCUT2D eigenvalue weighted by Gasteiger charge is -2.23. The Hall–Kier alpha value is -1.98. The molecule has 0 aliphatic carbocycles. The van der Waals surface area contributed by atoms with Crippen LogP contribution in [0.2, 0.25) is 0 Å². The van der Waals surface area contributed by atoms with Gasteiger partial charge in [-0.2, -0.15) is 4.31 Å². The number of carbonyl (C=O) groups excluding carboxylic acids is 1. The standard InChI is InChI=1S/C19H21NO3S/c1-15-8-5-6-11-17(15)14-24(22,23)20-13-7-12-18(20)19(21)16-9-3-2-4-10-16/h2-6,8-11,18H,7,12-14H2,1H3. The fourth-order valence-electron chi connectivity index (χ4n) is 3.18. The third-order valence-corrected chi connectivity index (χ3v) is 6.35. The van der Waals surface area contributed by atoms with E-state index in [0.29, 0.717) is 18.5 Å². The Labute approximate surface area is 143 Å². The second kappa shape index (κ2) is 6.87. The van der Waals surface area contributed by atoms with E-state index in [-0.39, 0.29) is 11.5 Å². The van der Waals surface area contributed by atoms with Crippen molar-refractivity contribution in [2.24, 2.45) is 0 Å². The van der Waals surface area contributed by atoms with Crippen LogP contribution in [0.25, 0.3) is 0 Å². The van der Waals surface area contributed by atoms with Crippen LogP contribution in [0.3, 0.4) is 0 Å². The summed E-state index contributed by atoms with van der Waals surface area (Å²) >= 11 is 0. The van der Waals surface area contributed by atoms with Crippen molar-refractivity contribution >= 4 is 15.8 Å². The van der Waals surface area contributed by atoms with Crippen molar-refractivity contribution in [3.63, 3.8) is 0 Å². The number of benzene rings is 2. The Balaban J connectivity index is 1.84. The minimum Gasteiger partial charge on any atom is -0.292 e. The van der Waals surface area contributed by atoms with Gasteiger partial charge in [-0.05, 0) is 30.9 Å². The fraction of sp³-hybridized carbons (Fsp3) is 0.316. The van der Waals surface area contributed by atoms with Crippen molar-refractivity contribution in [1.29, 1.82) is 0 Å². The van der Waals surface area contributed by atoms with Crippen LogP contribution < -0.4 is 0 Å². The maximum Gasteiger partial charge on any atom is 0.218 e. The van der Waals surface area contributed by atoms with E-state index >= 15 is 0 Å². The van der Waals surface area contributed by atoms with Crippen molar-refractivity contribution in [2.75, 3.05) is 6.54 Å². The van der Waals surface area contributed by atoms with Crippen LogP contribution in [0.5, 0.6) is 0 Å². The lowest BCUT2D eigenvalue weighted by atomic mass is 10.0. The summed E-state index contributed by atoms with van der Waals surface area (Å²) in [5.41, 5.74) is 2.31. The van der Waals surface area contributed by atoms with Gasteiger partial charge in [0.15, 0.2) is 5.78 Å². The van der Waals surface area contributed by atoms with Gasteiger partial charge in [0.25, 0.3) is 0 Å². The first kappa shape index (κ1) is 16.9. The molecule has 0 bridgehead atoms. The third kappa shape index (κ3) is 3.42. The predicted molar refractivity (Wildman–Crippen MR) is 94.3 cm³/mol. The largest absolute Gasteiger partial charge is 0.292 e. The molecular weight excluding hydrogens is 322 g/mol. The number of Topliss-reactive ketones (excluding diaryl/α,β-unsaturated/α-hetero) is 1. The average Bonchev–Trinajstić information content (AvgIpc) is 3.08. The Morgan fingerprint density at radius 2 is 1.75 bits per heavy atom. The topological polar surface area (TPSA) is 54.5 Å². The number of sulfonamides is 1. The first-order valence-electron chi connectivity index (χ1n) is 8.12.